The molecule has 0 saturated heterocycles. The lowest BCUT2D eigenvalue weighted by molar-refractivity contribution is -0.122. The van der Waals surface area contributed by atoms with Gasteiger partial charge in [0.05, 0.1) is 22.3 Å². The Labute approximate surface area is 193 Å². The molecule has 0 aliphatic rings. The van der Waals surface area contributed by atoms with Crippen molar-refractivity contribution in [3.63, 3.8) is 0 Å². The summed E-state index contributed by atoms with van der Waals surface area (Å²) in [6.07, 6.45) is 1.70. The fraction of sp³-hybridized carbons (Fsp3) is 0.174. The molecule has 0 saturated carbocycles. The molecular weight excluding hydrogens is 478 g/mol. The molecule has 1 unspecified atom stereocenters. The van der Waals surface area contributed by atoms with Crippen molar-refractivity contribution < 1.29 is 4.79 Å². The van der Waals surface area contributed by atoms with E-state index in [-0.39, 0.29) is 11.8 Å². The highest BCUT2D eigenvalue weighted by Crippen LogP contribution is 2.30. The maximum Gasteiger partial charge on any atom is 0.227 e. The minimum atomic E-state index is -0.206. The number of benzene rings is 2. The third-order valence-corrected chi connectivity index (χ3v) is 5.89. The standard InChI is InChI=1S/C23H21BrClN5O/c1-15(16-7-3-2-4-8-16)23(31)27-12-11-26-21-13-20(17-9-5-6-10-19(17)25)29-22-18(24)14-28-30(21)22/h2-10,13-15,26H,11-12H2,1H3,(H,27,31). The van der Waals surface area contributed by atoms with E-state index in [1.54, 1.807) is 10.7 Å². The second-order valence-electron chi connectivity index (χ2n) is 7.08. The zero-order chi connectivity index (χ0) is 21.8. The molecular formula is C23H21BrClN5O. The number of aromatic nitrogens is 3. The summed E-state index contributed by atoms with van der Waals surface area (Å²) in [5.74, 6) is 0.546. The van der Waals surface area contributed by atoms with Gasteiger partial charge >= 0.3 is 0 Å². The van der Waals surface area contributed by atoms with Crippen molar-refractivity contribution in [1.82, 2.24) is 19.9 Å². The molecule has 2 aromatic carbocycles. The maximum atomic E-state index is 12.5. The number of hydrogen-bond acceptors (Lipinski definition) is 4. The van der Waals surface area contributed by atoms with Crippen molar-refractivity contribution in [2.75, 3.05) is 18.4 Å². The smallest absolute Gasteiger partial charge is 0.227 e. The number of halogens is 2. The van der Waals surface area contributed by atoms with E-state index in [1.165, 1.54) is 0 Å². The van der Waals surface area contributed by atoms with Gasteiger partial charge in [-0.3, -0.25) is 4.79 Å². The van der Waals surface area contributed by atoms with Crippen molar-refractivity contribution in [1.29, 1.82) is 0 Å². The summed E-state index contributed by atoms with van der Waals surface area (Å²) in [5.41, 5.74) is 3.26. The predicted molar refractivity (Wildman–Crippen MR) is 127 cm³/mol. The van der Waals surface area contributed by atoms with Gasteiger partial charge in [-0.1, -0.05) is 60.1 Å². The second-order valence-corrected chi connectivity index (χ2v) is 8.35. The normalized spacial score (nSPS) is 12.0. The Bertz CT molecular complexity index is 1210. The van der Waals surface area contributed by atoms with E-state index in [0.717, 1.165) is 27.1 Å². The Kier molecular flexibility index (Phi) is 6.53. The van der Waals surface area contributed by atoms with Gasteiger partial charge in [0, 0.05) is 29.7 Å². The average molecular weight is 499 g/mol. The van der Waals surface area contributed by atoms with Crippen molar-refractivity contribution in [2.24, 2.45) is 0 Å². The van der Waals surface area contributed by atoms with E-state index in [1.807, 2.05) is 67.6 Å². The molecule has 158 valence electrons. The number of anilines is 1. The third-order valence-electron chi connectivity index (χ3n) is 5.00. The number of nitrogens with zero attached hydrogens (tertiary/aromatic N) is 3. The van der Waals surface area contributed by atoms with E-state index in [9.17, 15) is 4.79 Å². The number of amides is 1. The summed E-state index contributed by atoms with van der Waals surface area (Å²) in [5, 5.41) is 11.3. The molecule has 0 aliphatic heterocycles. The van der Waals surface area contributed by atoms with Gasteiger partial charge in [0.2, 0.25) is 5.91 Å². The van der Waals surface area contributed by atoms with Crippen LogP contribution in [-0.2, 0) is 4.79 Å². The zero-order valence-corrected chi connectivity index (χ0v) is 19.2. The first-order valence-corrected chi connectivity index (χ1v) is 11.1. The van der Waals surface area contributed by atoms with Crippen molar-refractivity contribution >= 4 is 44.9 Å². The molecule has 6 nitrogen and oxygen atoms in total. The molecule has 8 heteroatoms. The predicted octanol–water partition coefficient (Wildman–Crippen LogP) is 5.14. The van der Waals surface area contributed by atoms with Crippen LogP contribution in [-0.4, -0.2) is 33.6 Å². The summed E-state index contributed by atoms with van der Waals surface area (Å²) in [7, 11) is 0. The van der Waals surface area contributed by atoms with Gasteiger partial charge in [-0.25, -0.2) is 4.98 Å². The number of rotatable bonds is 7. The van der Waals surface area contributed by atoms with Crippen LogP contribution in [0.1, 0.15) is 18.4 Å². The highest BCUT2D eigenvalue weighted by Gasteiger charge is 2.15. The average Bonchev–Trinajstić information content (AvgIpc) is 3.17. The lowest BCUT2D eigenvalue weighted by Gasteiger charge is -2.14. The van der Waals surface area contributed by atoms with E-state index in [0.29, 0.717) is 23.8 Å². The van der Waals surface area contributed by atoms with Gasteiger partial charge in [0.25, 0.3) is 0 Å². The van der Waals surface area contributed by atoms with Crippen molar-refractivity contribution in [2.45, 2.75) is 12.8 Å². The van der Waals surface area contributed by atoms with Gasteiger partial charge in [-0.2, -0.15) is 9.61 Å². The number of fused-ring (bicyclic) bond motifs is 1. The number of hydrogen-bond donors (Lipinski definition) is 2. The molecule has 0 aliphatic carbocycles. The van der Waals surface area contributed by atoms with Crippen LogP contribution in [0, 0.1) is 0 Å². The molecule has 0 bridgehead atoms. The van der Waals surface area contributed by atoms with E-state index in [4.69, 9.17) is 16.6 Å². The van der Waals surface area contributed by atoms with Gasteiger partial charge in [-0.05, 0) is 34.5 Å². The summed E-state index contributed by atoms with van der Waals surface area (Å²) >= 11 is 9.88. The molecule has 2 N–H and O–H groups in total. The van der Waals surface area contributed by atoms with Crippen LogP contribution < -0.4 is 10.6 Å². The highest BCUT2D eigenvalue weighted by atomic mass is 79.9. The summed E-state index contributed by atoms with van der Waals surface area (Å²) in [6.45, 7) is 2.91. The van der Waals surface area contributed by atoms with Crippen molar-refractivity contribution in [3.8, 4) is 11.3 Å². The van der Waals surface area contributed by atoms with Crippen LogP contribution in [0.15, 0.2) is 71.3 Å². The first-order valence-electron chi connectivity index (χ1n) is 9.90. The maximum absolute atomic E-state index is 12.5. The Morgan fingerprint density at radius 3 is 2.65 bits per heavy atom. The molecule has 4 rings (SSSR count). The molecule has 0 radical (unpaired) electrons. The van der Waals surface area contributed by atoms with Gasteiger partial charge in [0.1, 0.15) is 5.82 Å². The molecule has 4 aromatic rings. The van der Waals surface area contributed by atoms with Crippen LogP contribution >= 0.6 is 27.5 Å². The fourth-order valence-corrected chi connectivity index (χ4v) is 3.87. The van der Waals surface area contributed by atoms with Crippen LogP contribution in [0.4, 0.5) is 5.82 Å². The van der Waals surface area contributed by atoms with E-state index in [2.05, 4.69) is 31.7 Å². The molecule has 1 amide bonds. The lowest BCUT2D eigenvalue weighted by Crippen LogP contribution is -2.32. The quantitative estimate of drug-likeness (QED) is 0.346. The van der Waals surface area contributed by atoms with Crippen LogP contribution in [0.5, 0.6) is 0 Å². The minimum Gasteiger partial charge on any atom is -0.368 e. The first-order chi connectivity index (χ1) is 15.0. The van der Waals surface area contributed by atoms with Crippen LogP contribution in [0.3, 0.4) is 0 Å². The molecule has 31 heavy (non-hydrogen) atoms. The SMILES string of the molecule is CC(C(=O)NCCNc1cc(-c2ccccc2Cl)nc2c(Br)cnn12)c1ccccc1. The molecule has 0 fully saturated rings. The molecule has 0 spiro atoms. The van der Waals surface area contributed by atoms with Gasteiger partial charge in [-0.15, -0.1) is 0 Å². The number of nitrogens with one attached hydrogen (secondary N) is 2. The lowest BCUT2D eigenvalue weighted by atomic mass is 10.0. The minimum absolute atomic E-state index is 0.00790. The summed E-state index contributed by atoms with van der Waals surface area (Å²) in [6, 6.07) is 19.2. The third kappa shape index (κ3) is 4.73. The monoisotopic (exact) mass is 497 g/mol. The summed E-state index contributed by atoms with van der Waals surface area (Å²) < 4.78 is 2.51. The second kappa shape index (κ2) is 9.49. The Morgan fingerprint density at radius 1 is 1.13 bits per heavy atom. The Balaban J connectivity index is 1.47. The molecule has 1 atom stereocenters. The van der Waals surface area contributed by atoms with Crippen LogP contribution in [0.2, 0.25) is 5.02 Å². The van der Waals surface area contributed by atoms with Crippen LogP contribution in [0.25, 0.3) is 16.9 Å². The van der Waals surface area contributed by atoms with Gasteiger partial charge in [0.15, 0.2) is 5.65 Å². The van der Waals surface area contributed by atoms with E-state index < -0.39 is 0 Å². The summed E-state index contributed by atoms with van der Waals surface area (Å²) in [4.78, 5) is 17.2. The molecule has 2 heterocycles. The Morgan fingerprint density at radius 2 is 1.87 bits per heavy atom. The number of carbonyl (C=O) groups is 1. The zero-order valence-electron chi connectivity index (χ0n) is 16.8. The van der Waals surface area contributed by atoms with Crippen molar-refractivity contribution in [3.05, 3.63) is 81.9 Å². The molecule has 2 aromatic heterocycles. The largest absolute Gasteiger partial charge is 0.368 e. The topological polar surface area (TPSA) is 71.3 Å². The van der Waals surface area contributed by atoms with Gasteiger partial charge < -0.3 is 10.6 Å². The first kappa shape index (κ1) is 21.3. The Hall–Kier alpha value is -2.90. The number of carbonyl (C=O) groups excluding carboxylic acids is 1. The fourth-order valence-electron chi connectivity index (χ4n) is 3.29. The van der Waals surface area contributed by atoms with E-state index >= 15 is 0 Å². The highest BCUT2D eigenvalue weighted by molar-refractivity contribution is 9.10.